The molecule has 0 aromatic carbocycles. The lowest BCUT2D eigenvalue weighted by atomic mass is 10.4. The number of rotatable bonds is 6. The number of sulfonamides is 1. The van der Waals surface area contributed by atoms with E-state index in [0.29, 0.717) is 11.5 Å². The monoisotopic (exact) mass is 307 g/mol. The van der Waals surface area contributed by atoms with Crippen LogP contribution in [-0.4, -0.2) is 33.7 Å². The van der Waals surface area contributed by atoms with E-state index in [0.717, 1.165) is 11.3 Å². The van der Waals surface area contributed by atoms with Gasteiger partial charge < -0.3 is 9.47 Å². The maximum absolute atomic E-state index is 11.7. The fourth-order valence-corrected chi connectivity index (χ4v) is 3.38. The normalized spacial score (nSPS) is 11.8. The molecule has 108 valence electrons. The van der Waals surface area contributed by atoms with Crippen molar-refractivity contribution in [2.75, 3.05) is 13.2 Å². The van der Waals surface area contributed by atoms with Crippen LogP contribution in [0, 0.1) is 6.92 Å². The number of carbonyl (C=O) groups excluding carboxylic acids is 1. The average molecular weight is 307 g/mol. The molecule has 0 atom stereocenters. The number of hydrogen-bond acceptors (Lipinski definition) is 6. The van der Waals surface area contributed by atoms with Gasteiger partial charge in [0.25, 0.3) is 0 Å². The van der Waals surface area contributed by atoms with Gasteiger partial charge in [-0.15, -0.1) is 11.3 Å². The van der Waals surface area contributed by atoms with Gasteiger partial charge in [0.2, 0.25) is 10.0 Å². The van der Waals surface area contributed by atoms with E-state index in [-0.39, 0.29) is 22.5 Å². The molecule has 0 aliphatic heterocycles. The highest BCUT2D eigenvalue weighted by atomic mass is 32.2. The summed E-state index contributed by atoms with van der Waals surface area (Å²) in [5.41, 5.74) is 0. The summed E-state index contributed by atoms with van der Waals surface area (Å²) < 4.78 is 32.7. The summed E-state index contributed by atoms with van der Waals surface area (Å²) in [6, 6.07) is 1.24. The molecular weight excluding hydrogens is 290 g/mol. The minimum absolute atomic E-state index is 0.0390. The summed E-state index contributed by atoms with van der Waals surface area (Å²) in [6.45, 7) is 5.77. The first kappa shape index (κ1) is 16.1. The second-order valence-electron chi connectivity index (χ2n) is 4.13. The molecular formula is C11H17NO5S2. The van der Waals surface area contributed by atoms with E-state index in [2.05, 4.69) is 0 Å². The van der Waals surface area contributed by atoms with Gasteiger partial charge >= 0.3 is 5.97 Å². The maximum atomic E-state index is 11.7. The van der Waals surface area contributed by atoms with Gasteiger partial charge in [0.15, 0.2) is 0 Å². The highest BCUT2D eigenvalue weighted by Gasteiger charge is 2.19. The summed E-state index contributed by atoms with van der Waals surface area (Å²) in [5.74, 6) is -0.574. The van der Waals surface area contributed by atoms with Crippen molar-refractivity contribution >= 4 is 27.3 Å². The molecule has 2 N–H and O–H groups in total. The molecule has 19 heavy (non-hydrogen) atoms. The van der Waals surface area contributed by atoms with E-state index in [1.165, 1.54) is 6.07 Å². The van der Waals surface area contributed by atoms with Crippen LogP contribution in [0.4, 0.5) is 0 Å². The van der Waals surface area contributed by atoms with E-state index in [1.807, 2.05) is 13.8 Å². The van der Waals surface area contributed by atoms with E-state index in [1.54, 1.807) is 6.92 Å². The minimum atomic E-state index is -3.80. The van der Waals surface area contributed by atoms with Gasteiger partial charge in [-0.3, -0.25) is 0 Å². The average Bonchev–Trinajstić information content (AvgIpc) is 2.66. The molecule has 1 aromatic rings. The summed E-state index contributed by atoms with van der Waals surface area (Å²) in [7, 11) is -3.80. The third-order valence-corrected chi connectivity index (χ3v) is 4.34. The topological polar surface area (TPSA) is 95.7 Å². The van der Waals surface area contributed by atoms with Crippen molar-refractivity contribution in [1.82, 2.24) is 0 Å². The van der Waals surface area contributed by atoms with Gasteiger partial charge in [0, 0.05) is 4.88 Å². The summed E-state index contributed by atoms with van der Waals surface area (Å²) in [6.07, 6.45) is 0.0664. The van der Waals surface area contributed by atoms with Gasteiger partial charge in [-0.25, -0.2) is 18.4 Å². The molecule has 0 aliphatic carbocycles. The molecule has 0 unspecified atom stereocenters. The number of primary sulfonamides is 1. The van der Waals surface area contributed by atoms with Crippen molar-refractivity contribution in [2.24, 2.45) is 5.14 Å². The summed E-state index contributed by atoms with van der Waals surface area (Å²) in [4.78, 5) is 12.3. The Balaban J connectivity index is 2.64. The first-order valence-corrected chi connectivity index (χ1v) is 8.00. The van der Waals surface area contributed by atoms with Gasteiger partial charge in [0.05, 0.1) is 17.6 Å². The molecule has 8 heteroatoms. The molecule has 1 aromatic heterocycles. The van der Waals surface area contributed by atoms with Crippen molar-refractivity contribution in [1.29, 1.82) is 0 Å². The van der Waals surface area contributed by atoms with Crippen molar-refractivity contribution < 1.29 is 22.7 Å². The van der Waals surface area contributed by atoms with Crippen LogP contribution in [-0.2, 0) is 19.5 Å². The quantitative estimate of drug-likeness (QED) is 0.631. The Bertz CT molecular complexity index is 547. The van der Waals surface area contributed by atoms with Gasteiger partial charge in [-0.2, -0.15) is 0 Å². The number of esters is 1. The van der Waals surface area contributed by atoms with Crippen LogP contribution in [0.3, 0.4) is 0 Å². The maximum Gasteiger partial charge on any atom is 0.348 e. The number of nitrogens with two attached hydrogens (primary N) is 1. The van der Waals surface area contributed by atoms with Crippen LogP contribution < -0.4 is 5.14 Å². The van der Waals surface area contributed by atoms with Crippen LogP contribution in [0.1, 0.15) is 28.4 Å². The van der Waals surface area contributed by atoms with Crippen LogP contribution in [0.25, 0.3) is 0 Å². The van der Waals surface area contributed by atoms with E-state index >= 15 is 0 Å². The Labute approximate surface area is 116 Å². The highest BCUT2D eigenvalue weighted by molar-refractivity contribution is 7.89. The largest absolute Gasteiger partial charge is 0.459 e. The lowest BCUT2D eigenvalue weighted by Gasteiger charge is -2.07. The van der Waals surface area contributed by atoms with E-state index < -0.39 is 16.0 Å². The SMILES string of the molecule is Cc1sc(C(=O)OCCOC(C)C)cc1S(N)(=O)=O. The molecule has 0 saturated heterocycles. The standard InChI is InChI=1S/C11H17NO5S2/c1-7(2)16-4-5-17-11(13)9-6-10(8(3)18-9)19(12,14)15/h6-7H,4-5H2,1-3H3,(H2,12,14,15). The summed E-state index contributed by atoms with van der Waals surface area (Å²) >= 11 is 1.04. The fraction of sp³-hybridized carbons (Fsp3) is 0.545. The molecule has 0 spiro atoms. The van der Waals surface area contributed by atoms with Crippen LogP contribution in [0.5, 0.6) is 0 Å². The molecule has 0 bridgehead atoms. The number of carbonyl (C=O) groups is 1. The Morgan fingerprint density at radius 2 is 2.05 bits per heavy atom. The zero-order valence-corrected chi connectivity index (χ0v) is 12.6. The van der Waals surface area contributed by atoms with Crippen molar-refractivity contribution in [3.63, 3.8) is 0 Å². The number of thiophene rings is 1. The smallest absolute Gasteiger partial charge is 0.348 e. The lowest BCUT2D eigenvalue weighted by Crippen LogP contribution is -2.13. The zero-order valence-electron chi connectivity index (χ0n) is 11.0. The number of hydrogen-bond donors (Lipinski definition) is 1. The molecule has 0 saturated carbocycles. The van der Waals surface area contributed by atoms with Crippen molar-refractivity contribution in [3.8, 4) is 0 Å². The Kier molecular flexibility index (Phi) is 5.48. The van der Waals surface area contributed by atoms with E-state index in [9.17, 15) is 13.2 Å². The summed E-state index contributed by atoms with van der Waals surface area (Å²) in [5, 5.41) is 5.03. The molecule has 6 nitrogen and oxygen atoms in total. The zero-order chi connectivity index (χ0) is 14.6. The highest BCUT2D eigenvalue weighted by Crippen LogP contribution is 2.25. The van der Waals surface area contributed by atoms with Gasteiger partial charge in [-0.1, -0.05) is 0 Å². The van der Waals surface area contributed by atoms with E-state index in [4.69, 9.17) is 14.6 Å². The fourth-order valence-electron chi connectivity index (χ4n) is 1.34. The first-order chi connectivity index (χ1) is 8.71. The third-order valence-electron chi connectivity index (χ3n) is 2.15. The van der Waals surface area contributed by atoms with Crippen LogP contribution in [0.2, 0.25) is 0 Å². The number of aryl methyl sites for hydroxylation is 1. The minimum Gasteiger partial charge on any atom is -0.459 e. The predicted molar refractivity (Wildman–Crippen MR) is 71.8 cm³/mol. The van der Waals surface area contributed by atoms with Crippen LogP contribution in [0.15, 0.2) is 11.0 Å². The number of ether oxygens (including phenoxy) is 2. The molecule has 0 amide bonds. The molecule has 1 heterocycles. The Morgan fingerprint density at radius 3 is 2.53 bits per heavy atom. The second kappa shape index (κ2) is 6.47. The first-order valence-electron chi connectivity index (χ1n) is 5.63. The van der Waals surface area contributed by atoms with Crippen molar-refractivity contribution in [3.05, 3.63) is 15.8 Å². The predicted octanol–water partition coefficient (Wildman–Crippen LogP) is 1.29. The van der Waals surface area contributed by atoms with Crippen LogP contribution >= 0.6 is 11.3 Å². The second-order valence-corrected chi connectivity index (χ2v) is 6.92. The van der Waals surface area contributed by atoms with Gasteiger partial charge in [0.1, 0.15) is 11.5 Å². The molecule has 0 aliphatic rings. The Morgan fingerprint density at radius 1 is 1.42 bits per heavy atom. The third kappa shape index (κ3) is 4.90. The van der Waals surface area contributed by atoms with Crippen molar-refractivity contribution in [2.45, 2.75) is 31.8 Å². The lowest BCUT2D eigenvalue weighted by molar-refractivity contribution is 0.0180. The molecule has 1 rings (SSSR count). The van der Waals surface area contributed by atoms with Gasteiger partial charge in [-0.05, 0) is 26.8 Å². The molecule has 0 fully saturated rings. The Hall–Kier alpha value is -0.960. The molecule has 0 radical (unpaired) electrons.